The van der Waals surface area contributed by atoms with Crippen LogP contribution in [0.15, 0.2) is 36.4 Å². The monoisotopic (exact) mass is 523 g/mol. The third-order valence-corrected chi connectivity index (χ3v) is 6.79. The summed E-state index contributed by atoms with van der Waals surface area (Å²) in [5.74, 6) is -1.85. The summed E-state index contributed by atoms with van der Waals surface area (Å²) in [5, 5.41) is 2.76. The Balaban J connectivity index is 2.42. The normalized spacial score (nSPS) is 12.2. The molecule has 0 aliphatic rings. The molecule has 0 radical (unpaired) electrons. The number of likely N-dealkylation sites (N-methyl/N-ethyl adjacent to an activating group) is 1. The molecule has 0 aliphatic heterocycles. The van der Waals surface area contributed by atoms with E-state index in [4.69, 9.17) is 34.8 Å². The van der Waals surface area contributed by atoms with Crippen LogP contribution in [0.1, 0.15) is 12.5 Å². The Morgan fingerprint density at radius 1 is 1.06 bits per heavy atom. The molecule has 2 aromatic rings. The number of carbonyl (C=O) groups is 2. The average molecular weight is 525 g/mol. The van der Waals surface area contributed by atoms with Crippen LogP contribution in [-0.2, 0) is 26.2 Å². The predicted octanol–water partition coefficient (Wildman–Crippen LogP) is 3.72. The summed E-state index contributed by atoms with van der Waals surface area (Å²) in [6.45, 7) is 0.837. The molecular formula is C20H21Cl3FN3O4S. The number of carbonyl (C=O) groups excluding carboxylic acids is 2. The largest absolute Gasteiger partial charge is 0.357 e. The van der Waals surface area contributed by atoms with Gasteiger partial charge < -0.3 is 10.2 Å². The van der Waals surface area contributed by atoms with Crippen molar-refractivity contribution in [1.29, 1.82) is 0 Å². The molecule has 2 amide bonds. The quantitative estimate of drug-likeness (QED) is 0.570. The zero-order valence-corrected chi connectivity index (χ0v) is 20.5. The van der Waals surface area contributed by atoms with E-state index in [0.29, 0.717) is 10.6 Å². The SMILES string of the molecule is CNC(=O)[C@H](C)N(Cc1ccc(Cl)c(Cl)c1)C(=O)CN(c1ccc(F)c(Cl)c1)S(C)(=O)=O. The maximum absolute atomic E-state index is 13.5. The van der Waals surface area contributed by atoms with Crippen molar-refractivity contribution in [3.05, 3.63) is 62.8 Å². The summed E-state index contributed by atoms with van der Waals surface area (Å²) < 4.78 is 39.1. The molecule has 0 spiro atoms. The molecule has 0 heterocycles. The number of benzene rings is 2. The van der Waals surface area contributed by atoms with Crippen LogP contribution in [0.4, 0.5) is 10.1 Å². The number of hydrogen-bond donors (Lipinski definition) is 1. The molecule has 0 bridgehead atoms. The van der Waals surface area contributed by atoms with Crippen molar-refractivity contribution in [2.45, 2.75) is 19.5 Å². The van der Waals surface area contributed by atoms with E-state index < -0.39 is 40.2 Å². The molecule has 0 fully saturated rings. The van der Waals surface area contributed by atoms with Crippen LogP contribution in [0.2, 0.25) is 15.1 Å². The zero-order valence-electron chi connectivity index (χ0n) is 17.4. The van der Waals surface area contributed by atoms with Gasteiger partial charge in [0, 0.05) is 13.6 Å². The lowest BCUT2D eigenvalue weighted by molar-refractivity contribution is -0.139. The van der Waals surface area contributed by atoms with E-state index in [1.54, 1.807) is 18.2 Å². The third-order valence-electron chi connectivity index (χ3n) is 4.62. The Morgan fingerprint density at radius 3 is 2.25 bits per heavy atom. The van der Waals surface area contributed by atoms with Crippen molar-refractivity contribution < 1.29 is 22.4 Å². The Kier molecular flexibility index (Phi) is 8.75. The first-order chi connectivity index (χ1) is 14.8. The van der Waals surface area contributed by atoms with Crippen molar-refractivity contribution in [1.82, 2.24) is 10.2 Å². The van der Waals surface area contributed by atoms with E-state index in [1.165, 1.54) is 24.9 Å². The first kappa shape index (κ1) is 26.2. The van der Waals surface area contributed by atoms with E-state index in [2.05, 4.69) is 5.32 Å². The van der Waals surface area contributed by atoms with Crippen LogP contribution in [0.3, 0.4) is 0 Å². The van der Waals surface area contributed by atoms with Crippen molar-refractivity contribution >= 4 is 62.3 Å². The second-order valence-electron chi connectivity index (χ2n) is 6.93. The number of halogens is 4. The maximum atomic E-state index is 13.5. The van der Waals surface area contributed by atoms with Crippen molar-refractivity contribution in [3.63, 3.8) is 0 Å². The summed E-state index contributed by atoms with van der Waals surface area (Å²) in [6.07, 6.45) is 0.906. The number of nitrogens with one attached hydrogen (secondary N) is 1. The molecule has 0 unspecified atom stereocenters. The van der Waals surface area contributed by atoms with E-state index in [1.807, 2.05) is 0 Å². The smallest absolute Gasteiger partial charge is 0.244 e. The second kappa shape index (κ2) is 10.7. The molecule has 1 N–H and O–H groups in total. The van der Waals surface area contributed by atoms with Crippen LogP contribution in [0.25, 0.3) is 0 Å². The van der Waals surface area contributed by atoms with Gasteiger partial charge in [0.1, 0.15) is 18.4 Å². The molecule has 7 nitrogen and oxygen atoms in total. The topological polar surface area (TPSA) is 86.8 Å². The minimum absolute atomic E-state index is 0.00864. The highest BCUT2D eigenvalue weighted by atomic mass is 35.5. The van der Waals surface area contributed by atoms with Gasteiger partial charge in [0.15, 0.2) is 0 Å². The van der Waals surface area contributed by atoms with Gasteiger partial charge in [0.2, 0.25) is 21.8 Å². The molecule has 0 saturated heterocycles. The standard InChI is InChI=1S/C20H21Cl3FN3O4S/c1-12(20(29)25-2)26(10-13-4-6-15(21)16(22)8-13)19(28)11-27(32(3,30)31)14-5-7-18(24)17(23)9-14/h4-9,12H,10-11H2,1-3H3,(H,25,29)/t12-/m0/s1. The fraction of sp³-hybridized carbons (Fsp3) is 0.300. The first-order valence-corrected chi connectivity index (χ1v) is 12.2. The van der Waals surface area contributed by atoms with Gasteiger partial charge in [-0.05, 0) is 42.8 Å². The van der Waals surface area contributed by atoms with E-state index in [9.17, 15) is 22.4 Å². The highest BCUT2D eigenvalue weighted by molar-refractivity contribution is 7.92. The summed E-state index contributed by atoms with van der Waals surface area (Å²) >= 11 is 17.8. The minimum atomic E-state index is -3.95. The van der Waals surface area contributed by atoms with E-state index in [0.717, 1.165) is 22.7 Å². The summed E-state index contributed by atoms with van der Waals surface area (Å²) in [5.41, 5.74) is 0.591. The Labute approximate surface area is 201 Å². The summed E-state index contributed by atoms with van der Waals surface area (Å²) in [4.78, 5) is 26.7. The predicted molar refractivity (Wildman–Crippen MR) is 124 cm³/mol. The lowest BCUT2D eigenvalue weighted by Gasteiger charge is -2.31. The highest BCUT2D eigenvalue weighted by Gasteiger charge is 2.30. The Hall–Kier alpha value is -2.07. The maximum Gasteiger partial charge on any atom is 0.244 e. The van der Waals surface area contributed by atoms with Gasteiger partial charge in [-0.3, -0.25) is 13.9 Å². The lowest BCUT2D eigenvalue weighted by atomic mass is 10.1. The summed E-state index contributed by atoms with van der Waals surface area (Å²) in [7, 11) is -2.53. The van der Waals surface area contributed by atoms with Crippen LogP contribution in [0, 0.1) is 5.82 Å². The fourth-order valence-corrected chi connectivity index (χ4v) is 4.22. The summed E-state index contributed by atoms with van der Waals surface area (Å²) in [6, 6.07) is 7.11. The number of sulfonamides is 1. The van der Waals surface area contributed by atoms with Crippen LogP contribution < -0.4 is 9.62 Å². The van der Waals surface area contributed by atoms with Crippen molar-refractivity contribution in [2.24, 2.45) is 0 Å². The molecule has 32 heavy (non-hydrogen) atoms. The van der Waals surface area contributed by atoms with Gasteiger partial charge in [0.05, 0.1) is 27.0 Å². The number of anilines is 1. The minimum Gasteiger partial charge on any atom is -0.357 e. The highest BCUT2D eigenvalue weighted by Crippen LogP contribution is 2.26. The zero-order chi connectivity index (χ0) is 24.2. The van der Waals surface area contributed by atoms with Crippen LogP contribution in [0.5, 0.6) is 0 Å². The molecule has 0 aliphatic carbocycles. The second-order valence-corrected chi connectivity index (χ2v) is 10.1. The first-order valence-electron chi connectivity index (χ1n) is 9.23. The van der Waals surface area contributed by atoms with E-state index in [-0.39, 0.29) is 22.3 Å². The molecular weight excluding hydrogens is 504 g/mol. The number of amides is 2. The molecule has 0 aromatic heterocycles. The van der Waals surface area contributed by atoms with Crippen molar-refractivity contribution in [2.75, 3.05) is 24.2 Å². The van der Waals surface area contributed by atoms with Crippen LogP contribution >= 0.6 is 34.8 Å². The van der Waals surface area contributed by atoms with Gasteiger partial charge in [-0.1, -0.05) is 40.9 Å². The number of hydrogen-bond acceptors (Lipinski definition) is 4. The molecule has 2 rings (SSSR count). The van der Waals surface area contributed by atoms with Gasteiger partial charge in [-0.15, -0.1) is 0 Å². The molecule has 174 valence electrons. The number of nitrogens with zero attached hydrogens (tertiary/aromatic N) is 2. The molecule has 2 aromatic carbocycles. The van der Waals surface area contributed by atoms with Gasteiger partial charge in [0.25, 0.3) is 0 Å². The lowest BCUT2D eigenvalue weighted by Crippen LogP contribution is -2.50. The van der Waals surface area contributed by atoms with Gasteiger partial charge in [-0.25, -0.2) is 12.8 Å². The average Bonchev–Trinajstić information content (AvgIpc) is 2.72. The van der Waals surface area contributed by atoms with Gasteiger partial charge >= 0.3 is 0 Å². The fourth-order valence-electron chi connectivity index (χ4n) is 2.88. The number of rotatable bonds is 8. The molecule has 12 heteroatoms. The van der Waals surface area contributed by atoms with Gasteiger partial charge in [-0.2, -0.15) is 0 Å². The Morgan fingerprint density at radius 2 is 1.72 bits per heavy atom. The van der Waals surface area contributed by atoms with E-state index >= 15 is 0 Å². The Bertz CT molecular complexity index is 1130. The molecule has 1 atom stereocenters. The third kappa shape index (κ3) is 6.48. The molecule has 0 saturated carbocycles. The van der Waals surface area contributed by atoms with Crippen LogP contribution in [-0.4, -0.2) is 51.0 Å². The van der Waals surface area contributed by atoms with Crippen molar-refractivity contribution in [3.8, 4) is 0 Å².